The number of nitrogens with one attached hydrogen (secondary N) is 1. The first-order valence-corrected chi connectivity index (χ1v) is 7.18. The molecule has 0 aromatic heterocycles. The Balaban J connectivity index is 2.18. The van der Waals surface area contributed by atoms with Crippen LogP contribution >= 0.6 is 0 Å². The first-order chi connectivity index (χ1) is 7.86. The second kappa shape index (κ2) is 9.00. The van der Waals surface area contributed by atoms with Gasteiger partial charge in [0, 0.05) is 19.3 Å². The summed E-state index contributed by atoms with van der Waals surface area (Å²) in [6.07, 6.45) is 9.61. The summed E-state index contributed by atoms with van der Waals surface area (Å²) in [4.78, 5) is 0. The molecule has 1 saturated carbocycles. The highest BCUT2D eigenvalue weighted by molar-refractivity contribution is 4.75. The molecule has 1 N–H and O–H groups in total. The standard InChI is InChI=1S/C14H29NO/c1-3-10-15-14(9-11-16-4-2)12-13-7-5-6-8-13/h13-15H,3-12H2,1-2H3. The second-order valence-corrected chi connectivity index (χ2v) is 5.02. The third-order valence-electron chi connectivity index (χ3n) is 3.59. The molecule has 1 aliphatic carbocycles. The minimum Gasteiger partial charge on any atom is -0.382 e. The lowest BCUT2D eigenvalue weighted by atomic mass is 9.96. The maximum atomic E-state index is 5.47. The molecule has 1 atom stereocenters. The van der Waals surface area contributed by atoms with Crippen LogP contribution < -0.4 is 5.32 Å². The molecule has 0 heterocycles. The van der Waals surface area contributed by atoms with E-state index >= 15 is 0 Å². The number of rotatable bonds is 9. The average Bonchev–Trinajstić information content (AvgIpc) is 2.78. The molecule has 1 rings (SSSR count). The molecular weight excluding hydrogens is 198 g/mol. The van der Waals surface area contributed by atoms with E-state index in [4.69, 9.17) is 4.74 Å². The van der Waals surface area contributed by atoms with Crippen molar-refractivity contribution >= 4 is 0 Å². The summed E-state index contributed by atoms with van der Waals surface area (Å²) in [7, 11) is 0. The Morgan fingerprint density at radius 1 is 1.25 bits per heavy atom. The van der Waals surface area contributed by atoms with Crippen LogP contribution in [-0.2, 0) is 4.74 Å². The minimum atomic E-state index is 0.689. The average molecular weight is 227 g/mol. The molecule has 96 valence electrons. The highest BCUT2D eigenvalue weighted by Crippen LogP contribution is 2.29. The first-order valence-electron chi connectivity index (χ1n) is 7.18. The van der Waals surface area contributed by atoms with Gasteiger partial charge in [0.1, 0.15) is 0 Å². The highest BCUT2D eigenvalue weighted by Gasteiger charge is 2.19. The van der Waals surface area contributed by atoms with Gasteiger partial charge in [-0.05, 0) is 38.6 Å². The largest absolute Gasteiger partial charge is 0.382 e. The summed E-state index contributed by atoms with van der Waals surface area (Å²) in [5, 5.41) is 3.68. The van der Waals surface area contributed by atoms with Crippen molar-refractivity contribution in [2.45, 2.75) is 64.8 Å². The summed E-state index contributed by atoms with van der Waals surface area (Å²) >= 11 is 0. The number of hydrogen-bond donors (Lipinski definition) is 1. The van der Waals surface area contributed by atoms with Crippen LogP contribution in [0.25, 0.3) is 0 Å². The Bertz CT molecular complexity index is 155. The van der Waals surface area contributed by atoms with Crippen molar-refractivity contribution in [1.82, 2.24) is 5.32 Å². The van der Waals surface area contributed by atoms with E-state index in [9.17, 15) is 0 Å². The fraction of sp³-hybridized carbons (Fsp3) is 1.00. The van der Waals surface area contributed by atoms with Gasteiger partial charge in [-0.1, -0.05) is 32.6 Å². The van der Waals surface area contributed by atoms with Gasteiger partial charge < -0.3 is 10.1 Å². The molecule has 0 radical (unpaired) electrons. The summed E-state index contributed by atoms with van der Waals surface area (Å²) in [6, 6.07) is 0.689. The molecule has 0 bridgehead atoms. The smallest absolute Gasteiger partial charge is 0.0480 e. The van der Waals surface area contributed by atoms with Crippen LogP contribution in [0.5, 0.6) is 0 Å². The Morgan fingerprint density at radius 2 is 2.00 bits per heavy atom. The van der Waals surface area contributed by atoms with E-state index in [-0.39, 0.29) is 0 Å². The molecule has 0 saturated heterocycles. The molecule has 0 aromatic carbocycles. The molecule has 1 aliphatic rings. The molecule has 0 aromatic rings. The molecule has 16 heavy (non-hydrogen) atoms. The van der Waals surface area contributed by atoms with Crippen LogP contribution in [0.2, 0.25) is 0 Å². The zero-order valence-electron chi connectivity index (χ0n) is 11.1. The maximum Gasteiger partial charge on any atom is 0.0480 e. The van der Waals surface area contributed by atoms with Crippen molar-refractivity contribution in [2.75, 3.05) is 19.8 Å². The van der Waals surface area contributed by atoms with E-state index in [2.05, 4.69) is 19.2 Å². The Kier molecular flexibility index (Phi) is 7.87. The monoisotopic (exact) mass is 227 g/mol. The third-order valence-corrected chi connectivity index (χ3v) is 3.59. The van der Waals surface area contributed by atoms with Crippen molar-refractivity contribution in [3.8, 4) is 0 Å². The van der Waals surface area contributed by atoms with E-state index in [1.54, 1.807) is 0 Å². The Morgan fingerprint density at radius 3 is 2.62 bits per heavy atom. The first kappa shape index (κ1) is 14.0. The SMILES string of the molecule is CCCNC(CCOCC)CC1CCCC1. The molecule has 1 fully saturated rings. The quantitative estimate of drug-likeness (QED) is 0.610. The van der Waals surface area contributed by atoms with Crippen LogP contribution in [0.1, 0.15) is 58.8 Å². The Labute approximate surface area is 101 Å². The predicted octanol–water partition coefficient (Wildman–Crippen LogP) is 3.36. The van der Waals surface area contributed by atoms with Gasteiger partial charge in [0.2, 0.25) is 0 Å². The van der Waals surface area contributed by atoms with Gasteiger partial charge in [0.15, 0.2) is 0 Å². The fourth-order valence-electron chi connectivity index (χ4n) is 2.67. The van der Waals surface area contributed by atoms with Crippen LogP contribution in [0, 0.1) is 5.92 Å². The van der Waals surface area contributed by atoms with E-state index < -0.39 is 0 Å². The molecule has 0 amide bonds. The second-order valence-electron chi connectivity index (χ2n) is 5.02. The molecule has 0 aliphatic heterocycles. The van der Waals surface area contributed by atoms with Gasteiger partial charge in [-0.2, -0.15) is 0 Å². The zero-order valence-corrected chi connectivity index (χ0v) is 11.1. The van der Waals surface area contributed by atoms with Gasteiger partial charge in [-0.3, -0.25) is 0 Å². The number of hydrogen-bond acceptors (Lipinski definition) is 2. The van der Waals surface area contributed by atoms with Crippen LogP contribution in [-0.4, -0.2) is 25.8 Å². The fourth-order valence-corrected chi connectivity index (χ4v) is 2.67. The van der Waals surface area contributed by atoms with Crippen LogP contribution in [0.4, 0.5) is 0 Å². The molecule has 0 spiro atoms. The van der Waals surface area contributed by atoms with E-state index in [0.717, 1.165) is 25.7 Å². The van der Waals surface area contributed by atoms with Gasteiger partial charge in [0.25, 0.3) is 0 Å². The lowest BCUT2D eigenvalue weighted by Crippen LogP contribution is -2.32. The van der Waals surface area contributed by atoms with E-state index in [1.807, 2.05) is 0 Å². The molecule has 1 unspecified atom stereocenters. The molecule has 2 heteroatoms. The van der Waals surface area contributed by atoms with Crippen LogP contribution in [0.15, 0.2) is 0 Å². The van der Waals surface area contributed by atoms with Gasteiger partial charge in [-0.25, -0.2) is 0 Å². The lowest BCUT2D eigenvalue weighted by Gasteiger charge is -2.21. The molecular formula is C14H29NO. The van der Waals surface area contributed by atoms with Crippen LogP contribution in [0.3, 0.4) is 0 Å². The predicted molar refractivity (Wildman–Crippen MR) is 69.8 cm³/mol. The van der Waals surface area contributed by atoms with Crippen molar-refractivity contribution in [2.24, 2.45) is 5.92 Å². The van der Waals surface area contributed by atoms with E-state index in [1.165, 1.54) is 44.9 Å². The summed E-state index contributed by atoms with van der Waals surface area (Å²) in [5.74, 6) is 0.982. The lowest BCUT2D eigenvalue weighted by molar-refractivity contribution is 0.133. The minimum absolute atomic E-state index is 0.689. The van der Waals surface area contributed by atoms with Crippen molar-refractivity contribution in [3.63, 3.8) is 0 Å². The molecule has 2 nitrogen and oxygen atoms in total. The summed E-state index contributed by atoms with van der Waals surface area (Å²) < 4.78 is 5.47. The number of ether oxygens (including phenoxy) is 1. The van der Waals surface area contributed by atoms with Gasteiger partial charge in [-0.15, -0.1) is 0 Å². The third kappa shape index (κ3) is 5.86. The topological polar surface area (TPSA) is 21.3 Å². The van der Waals surface area contributed by atoms with Gasteiger partial charge in [0.05, 0.1) is 0 Å². The Hall–Kier alpha value is -0.0800. The summed E-state index contributed by atoms with van der Waals surface area (Å²) in [5.41, 5.74) is 0. The summed E-state index contributed by atoms with van der Waals surface area (Å²) in [6.45, 7) is 7.24. The normalized spacial score (nSPS) is 19.1. The highest BCUT2D eigenvalue weighted by atomic mass is 16.5. The van der Waals surface area contributed by atoms with Gasteiger partial charge >= 0.3 is 0 Å². The van der Waals surface area contributed by atoms with Crippen molar-refractivity contribution < 1.29 is 4.74 Å². The zero-order chi connectivity index (χ0) is 11.6. The van der Waals surface area contributed by atoms with Crippen molar-refractivity contribution in [1.29, 1.82) is 0 Å². The van der Waals surface area contributed by atoms with Crippen molar-refractivity contribution in [3.05, 3.63) is 0 Å². The van der Waals surface area contributed by atoms with E-state index in [0.29, 0.717) is 6.04 Å². The maximum absolute atomic E-state index is 5.47.